The van der Waals surface area contributed by atoms with Crippen LogP contribution in [0.5, 0.6) is 0 Å². The molecule has 0 N–H and O–H groups in total. The van der Waals surface area contributed by atoms with Gasteiger partial charge in [0.1, 0.15) is 16.9 Å². The van der Waals surface area contributed by atoms with E-state index >= 15 is 0 Å². The van der Waals surface area contributed by atoms with Crippen molar-refractivity contribution in [2.45, 2.75) is 5.41 Å². The molecule has 0 fully saturated rings. The smallest absolute Gasteiger partial charge is 0.148 e. The molecule has 0 bridgehead atoms. The van der Waals surface area contributed by atoms with E-state index in [2.05, 4.69) is 467 Å². The van der Waals surface area contributed by atoms with Crippen LogP contribution in [0.25, 0.3) is 258 Å². The van der Waals surface area contributed by atoms with Crippen molar-refractivity contribution < 1.29 is 0 Å². The zero-order valence-corrected chi connectivity index (χ0v) is 78.2. The molecule has 0 unspecified atom stereocenters. The predicted octanol–water partition coefficient (Wildman–Crippen LogP) is 34.5. The molecule has 1 spiro atoms. The molecule has 0 radical (unpaired) electrons. The van der Waals surface area contributed by atoms with Gasteiger partial charge < -0.3 is 4.90 Å². The molecule has 0 atom stereocenters. The highest BCUT2D eigenvalue weighted by Crippen LogP contribution is 2.64. The van der Waals surface area contributed by atoms with E-state index in [1.54, 1.807) is 0 Å². The van der Waals surface area contributed by atoms with E-state index in [9.17, 15) is 0 Å². The first-order chi connectivity index (χ1) is 71.9. The Morgan fingerprint density at radius 3 is 1.07 bits per heavy atom. The predicted molar refractivity (Wildman–Crippen MR) is 601 cm³/mol. The van der Waals surface area contributed by atoms with Crippen molar-refractivity contribution >= 4 is 186 Å². The molecule has 21 aromatic carbocycles. The third-order valence-electron chi connectivity index (χ3n) is 31.1. The molecule has 0 saturated heterocycles. The second-order valence-corrected chi connectivity index (χ2v) is 38.5. The van der Waals surface area contributed by atoms with E-state index in [4.69, 9.17) is 29.9 Å². The first-order valence-electron chi connectivity index (χ1n) is 49.6. The molecule has 30 aromatic rings. The number of nitrogens with zero attached hydrogens (tertiary/aromatic N) is 10. The number of rotatable bonds is 7. The summed E-state index contributed by atoms with van der Waals surface area (Å²) in [5, 5.41) is 18.7. The fraction of sp³-hybridized carbons (Fsp3) is 0.00741. The van der Waals surface area contributed by atoms with Gasteiger partial charge in [-0.15, -0.1) is 0 Å². The summed E-state index contributed by atoms with van der Waals surface area (Å²) >= 11 is 0. The van der Waals surface area contributed by atoms with Crippen LogP contribution in [0.2, 0.25) is 0 Å². The van der Waals surface area contributed by atoms with Gasteiger partial charge in [0.25, 0.3) is 0 Å². The molecule has 10 heteroatoms. The Kier molecular flexibility index (Phi) is 17.4. The van der Waals surface area contributed by atoms with Gasteiger partial charge >= 0.3 is 0 Å². The Hall–Kier alpha value is -19.4. The fourth-order valence-electron chi connectivity index (χ4n) is 24.9. The number of pyridine rings is 6. The molecule has 10 nitrogen and oxygen atoms in total. The zero-order valence-electron chi connectivity index (χ0n) is 78.2. The van der Waals surface area contributed by atoms with Crippen molar-refractivity contribution in [2.24, 2.45) is 0 Å². The van der Waals surface area contributed by atoms with Crippen LogP contribution in [0.1, 0.15) is 22.3 Å². The Labute approximate surface area is 830 Å². The summed E-state index contributed by atoms with van der Waals surface area (Å²) in [5.74, 6) is 0. The van der Waals surface area contributed by atoms with Gasteiger partial charge in [-0.1, -0.05) is 334 Å². The minimum Gasteiger partial charge on any atom is -0.310 e. The number of hydrogen-bond donors (Lipinski definition) is 0. The van der Waals surface area contributed by atoms with Gasteiger partial charge in [0.15, 0.2) is 0 Å². The molecular weight excluding hydrogens is 1760 g/mol. The summed E-state index contributed by atoms with van der Waals surface area (Å²) in [4.78, 5) is 32.4. The van der Waals surface area contributed by atoms with Crippen LogP contribution in [0.3, 0.4) is 0 Å². The van der Waals surface area contributed by atoms with E-state index in [-0.39, 0.29) is 5.41 Å². The lowest BCUT2D eigenvalue weighted by Crippen LogP contribution is -2.25. The van der Waals surface area contributed by atoms with Gasteiger partial charge in [-0.3, -0.25) is 28.2 Å². The normalized spacial score (nSPS) is 12.6. The lowest BCUT2D eigenvalue weighted by Gasteiger charge is -2.30. The van der Waals surface area contributed by atoms with Gasteiger partial charge in [0.05, 0.1) is 93.5 Å². The molecule has 3 aliphatic carbocycles. The topological polar surface area (TPSA) is 93.8 Å². The SMILES string of the molecule is c1cc(-c2ccc3c(c2)c2ccc4cccnc4c2c2nc4ccccc4n32)cc(-c2ccc3c4c(cccc24)-c2ccccc2-3)c1.c1ccc(N(c2ccc(-c3ccc4c(c3)c3ccc5cccnc5c3c3nc5ccccc5n43)cc2)c2cccc3ccccc23)cc1.c1ccc2c(c1)-c1ccccc1C21c2ccccc2-c2ccc(-c3ccc4c(c3)c3ccc5cccnc5c3c3nc5ccccc5n43)cc21. The van der Waals surface area contributed by atoms with E-state index in [1.807, 2.05) is 36.8 Å². The molecule has 0 saturated carbocycles. The van der Waals surface area contributed by atoms with Crippen LogP contribution in [0.15, 0.2) is 486 Å². The second kappa shape index (κ2) is 31.3. The average molecular weight is 1840 g/mol. The Balaban J connectivity index is 0.0000000991. The fourth-order valence-corrected chi connectivity index (χ4v) is 24.9. The molecule has 0 aliphatic heterocycles. The van der Waals surface area contributed by atoms with Crippen LogP contribution in [-0.2, 0) is 5.41 Å². The number of para-hydroxylation sites is 7. The summed E-state index contributed by atoms with van der Waals surface area (Å²) in [6.45, 7) is 0. The van der Waals surface area contributed by atoms with Gasteiger partial charge in [0.2, 0.25) is 0 Å². The van der Waals surface area contributed by atoms with Gasteiger partial charge in [-0.05, 0) is 277 Å². The summed E-state index contributed by atoms with van der Waals surface area (Å²) < 4.78 is 6.94. The average Bonchev–Trinajstić information content (AvgIpc) is 1.50. The Morgan fingerprint density at radius 1 is 0.186 bits per heavy atom. The van der Waals surface area contributed by atoms with E-state index in [0.717, 1.165) is 149 Å². The Morgan fingerprint density at radius 2 is 0.545 bits per heavy atom. The first kappa shape index (κ1) is 80.5. The monoisotopic (exact) mass is 1840 g/mol. The number of imidazole rings is 3. The summed E-state index contributed by atoms with van der Waals surface area (Å²) in [6.07, 6.45) is 5.64. The van der Waals surface area contributed by atoms with E-state index in [1.165, 1.54) is 149 Å². The zero-order chi connectivity index (χ0) is 94.8. The second-order valence-electron chi connectivity index (χ2n) is 38.5. The molecule has 3 aliphatic rings. The maximum atomic E-state index is 5.18. The van der Waals surface area contributed by atoms with Gasteiger partial charge in [-0.25, -0.2) is 15.0 Å². The summed E-state index contributed by atoms with van der Waals surface area (Å²) in [7, 11) is 0. The maximum Gasteiger partial charge on any atom is 0.148 e. The molecule has 0 amide bonds. The Bertz CT molecular complexity index is 10800. The third-order valence-corrected chi connectivity index (χ3v) is 31.1. The van der Waals surface area contributed by atoms with Crippen LogP contribution in [-0.4, -0.2) is 43.1 Å². The van der Waals surface area contributed by atoms with Crippen molar-refractivity contribution in [3.8, 4) is 89.0 Å². The quantitative estimate of drug-likeness (QED) is 0.147. The number of benzene rings is 21. The van der Waals surface area contributed by atoms with Crippen LogP contribution in [0.4, 0.5) is 17.1 Å². The maximum absolute atomic E-state index is 5.18. The number of aromatic nitrogens is 9. The minimum atomic E-state index is -0.370. The van der Waals surface area contributed by atoms with Crippen molar-refractivity contribution in [2.75, 3.05) is 4.90 Å². The minimum absolute atomic E-state index is 0.370. The van der Waals surface area contributed by atoms with Crippen molar-refractivity contribution in [3.63, 3.8) is 0 Å². The molecule has 670 valence electrons. The van der Waals surface area contributed by atoms with Gasteiger partial charge in [0, 0.05) is 67.7 Å². The molecular formula is C135H80N10. The van der Waals surface area contributed by atoms with Crippen molar-refractivity contribution in [1.29, 1.82) is 0 Å². The molecule has 145 heavy (non-hydrogen) atoms. The number of anilines is 3. The third kappa shape index (κ3) is 11.8. The highest BCUT2D eigenvalue weighted by molar-refractivity contribution is 6.27. The number of fused-ring (bicyclic) bond motifs is 44. The first-order valence-corrected chi connectivity index (χ1v) is 49.6. The van der Waals surface area contributed by atoms with Crippen LogP contribution < -0.4 is 4.90 Å². The van der Waals surface area contributed by atoms with E-state index < -0.39 is 0 Å². The van der Waals surface area contributed by atoms with Gasteiger partial charge in [-0.2, -0.15) is 0 Å². The highest BCUT2D eigenvalue weighted by Gasteiger charge is 2.52. The van der Waals surface area contributed by atoms with Crippen molar-refractivity contribution in [3.05, 3.63) is 508 Å². The lowest BCUT2D eigenvalue weighted by atomic mass is 9.70. The lowest BCUT2D eigenvalue weighted by molar-refractivity contribution is 0.794. The summed E-state index contributed by atoms with van der Waals surface area (Å²) in [6, 6.07) is 169. The molecule has 9 heterocycles. The largest absolute Gasteiger partial charge is 0.310 e. The summed E-state index contributed by atoms with van der Waals surface area (Å²) in [5.41, 5.74) is 44.1. The van der Waals surface area contributed by atoms with Crippen LogP contribution >= 0.6 is 0 Å². The molecule has 9 aromatic heterocycles. The van der Waals surface area contributed by atoms with E-state index in [0.29, 0.717) is 0 Å². The van der Waals surface area contributed by atoms with Crippen LogP contribution in [0, 0.1) is 0 Å². The molecule has 33 rings (SSSR count). The number of hydrogen-bond acceptors (Lipinski definition) is 7. The highest BCUT2D eigenvalue weighted by atomic mass is 15.1. The standard InChI is InChI=1S/C47H27N3.C44H28N4.C44H25N3/c1-4-14-37-31(11-1)32-12-2-5-15-38(32)47(37)39-16-6-3-13-33(39)34-22-20-30(27-40(34)47)29-21-24-42-36(26-29)35-23-19-28-10-9-25-48-45(28)44(35)46-49-41-17-7-8-18-43(41)50(42)46;1-2-13-33(14-3-1)47(39-18-8-11-30-10-4-5-15-35(30)39)34-23-19-29(20-24-34)32-22-26-40-37(28-32)36-25-21-31-12-9-27-45-43(31)42(36)44-46-38-16-6-7-17-41(38)48(40)44;1-2-12-32-31(11-1)34-14-6-13-33-30(20-21-35(32)41(33)34)29-9-5-8-27(24-29)28-18-22-39-37(25-28)36-19-17-26-10-7-23-45-43(26)42(36)44-46-38-15-3-4-16-40(38)47(39)44/h1-27H;1-28H;1-25H. The van der Waals surface area contributed by atoms with Crippen molar-refractivity contribution in [1.82, 2.24) is 43.1 Å².